The highest BCUT2D eigenvalue weighted by atomic mass is 15.2. The van der Waals surface area contributed by atoms with E-state index in [0.717, 1.165) is 38.4 Å². The lowest BCUT2D eigenvalue weighted by molar-refractivity contribution is 0.111. The Morgan fingerprint density at radius 1 is 1.04 bits per heavy atom. The number of hydrogen-bond acceptors (Lipinski definition) is 4. The Morgan fingerprint density at radius 3 is 2.68 bits per heavy atom. The number of piperidine rings is 1. The standard InChI is InChI=1S/C23H29N5/c1-26(17-12-20-8-2-4-13-24-20)21-9-6-15-27(18-21)19-22-10-7-16-28(22)23-11-3-5-14-25-23/h2-5,7-8,10-11,13-14,16,21H,6,9,12,15,17-19H2,1H3/t21-/m1/s1. The highest BCUT2D eigenvalue weighted by Crippen LogP contribution is 2.19. The number of likely N-dealkylation sites (tertiary alicyclic amines) is 1. The van der Waals surface area contributed by atoms with Gasteiger partial charge in [-0.1, -0.05) is 12.1 Å². The van der Waals surface area contributed by atoms with Gasteiger partial charge in [0, 0.05) is 62.1 Å². The summed E-state index contributed by atoms with van der Waals surface area (Å²) in [5, 5.41) is 0. The third-order valence-corrected chi connectivity index (χ3v) is 5.67. The summed E-state index contributed by atoms with van der Waals surface area (Å²) in [6.45, 7) is 4.30. The van der Waals surface area contributed by atoms with Gasteiger partial charge < -0.3 is 9.47 Å². The molecule has 0 aromatic carbocycles. The van der Waals surface area contributed by atoms with Gasteiger partial charge in [-0.3, -0.25) is 9.88 Å². The van der Waals surface area contributed by atoms with Crippen molar-refractivity contribution in [3.8, 4) is 5.82 Å². The maximum Gasteiger partial charge on any atom is 0.136 e. The van der Waals surface area contributed by atoms with E-state index >= 15 is 0 Å². The Morgan fingerprint density at radius 2 is 1.89 bits per heavy atom. The smallest absolute Gasteiger partial charge is 0.136 e. The summed E-state index contributed by atoms with van der Waals surface area (Å²) < 4.78 is 2.20. The molecule has 1 aliphatic heterocycles. The molecule has 1 saturated heterocycles. The van der Waals surface area contributed by atoms with Crippen LogP contribution >= 0.6 is 0 Å². The van der Waals surface area contributed by atoms with Crippen LogP contribution < -0.4 is 0 Å². The molecule has 0 spiro atoms. The largest absolute Gasteiger partial charge is 0.304 e. The fourth-order valence-electron chi connectivity index (χ4n) is 4.05. The van der Waals surface area contributed by atoms with E-state index in [2.05, 4.69) is 67.9 Å². The van der Waals surface area contributed by atoms with Crippen molar-refractivity contribution < 1.29 is 0 Å². The van der Waals surface area contributed by atoms with Crippen LogP contribution in [-0.2, 0) is 13.0 Å². The predicted octanol–water partition coefficient (Wildman–Crippen LogP) is 3.41. The second-order valence-corrected chi connectivity index (χ2v) is 7.64. The number of aromatic nitrogens is 3. The van der Waals surface area contributed by atoms with Crippen molar-refractivity contribution in [1.29, 1.82) is 0 Å². The first-order chi connectivity index (χ1) is 13.8. The van der Waals surface area contributed by atoms with Crippen LogP contribution in [0.25, 0.3) is 5.82 Å². The van der Waals surface area contributed by atoms with Crippen molar-refractivity contribution in [2.75, 3.05) is 26.7 Å². The second-order valence-electron chi connectivity index (χ2n) is 7.64. The fourth-order valence-corrected chi connectivity index (χ4v) is 4.05. The van der Waals surface area contributed by atoms with Gasteiger partial charge in [0.25, 0.3) is 0 Å². The zero-order valence-electron chi connectivity index (χ0n) is 16.6. The number of nitrogens with zero attached hydrogens (tertiary/aromatic N) is 5. The first kappa shape index (κ1) is 18.8. The number of hydrogen-bond donors (Lipinski definition) is 0. The molecule has 3 aromatic heterocycles. The van der Waals surface area contributed by atoms with Crippen molar-refractivity contribution in [3.05, 3.63) is 78.5 Å². The van der Waals surface area contributed by atoms with Crippen LogP contribution in [-0.4, -0.2) is 57.1 Å². The second kappa shape index (κ2) is 9.13. The third kappa shape index (κ3) is 4.66. The van der Waals surface area contributed by atoms with Crippen LogP contribution in [0, 0.1) is 0 Å². The normalized spacial score (nSPS) is 17.9. The molecule has 0 unspecified atom stereocenters. The SMILES string of the molecule is CN(CCc1ccccn1)[C@@H]1CCCN(Cc2cccn2-c2ccccn2)C1. The molecule has 4 heterocycles. The van der Waals surface area contributed by atoms with Crippen molar-refractivity contribution >= 4 is 0 Å². The van der Waals surface area contributed by atoms with Crippen molar-refractivity contribution in [3.63, 3.8) is 0 Å². The average molecular weight is 376 g/mol. The lowest BCUT2D eigenvalue weighted by Crippen LogP contribution is -2.46. The monoisotopic (exact) mass is 375 g/mol. The molecule has 0 N–H and O–H groups in total. The molecule has 146 valence electrons. The van der Waals surface area contributed by atoms with Crippen LogP contribution in [0.5, 0.6) is 0 Å². The van der Waals surface area contributed by atoms with E-state index in [1.54, 1.807) is 0 Å². The Labute approximate surface area is 167 Å². The number of likely N-dealkylation sites (N-methyl/N-ethyl adjacent to an activating group) is 1. The molecule has 1 fully saturated rings. The van der Waals surface area contributed by atoms with Crippen molar-refractivity contribution in [2.24, 2.45) is 0 Å². The molecule has 0 bridgehead atoms. The Hall–Kier alpha value is -2.50. The summed E-state index contributed by atoms with van der Waals surface area (Å²) in [4.78, 5) is 14.1. The highest BCUT2D eigenvalue weighted by molar-refractivity contribution is 5.27. The molecule has 5 heteroatoms. The Bertz CT molecular complexity index is 846. The zero-order valence-corrected chi connectivity index (χ0v) is 16.6. The predicted molar refractivity (Wildman–Crippen MR) is 112 cm³/mol. The van der Waals surface area contributed by atoms with E-state index in [1.807, 2.05) is 30.6 Å². The molecule has 1 aliphatic rings. The number of rotatable bonds is 7. The Balaban J connectivity index is 1.35. The van der Waals surface area contributed by atoms with E-state index in [1.165, 1.54) is 24.2 Å². The van der Waals surface area contributed by atoms with E-state index in [4.69, 9.17) is 0 Å². The third-order valence-electron chi connectivity index (χ3n) is 5.67. The lowest BCUT2D eigenvalue weighted by atomic mass is 10.0. The van der Waals surface area contributed by atoms with E-state index in [9.17, 15) is 0 Å². The minimum Gasteiger partial charge on any atom is -0.304 e. The van der Waals surface area contributed by atoms with Crippen LogP contribution in [0.4, 0.5) is 0 Å². The van der Waals surface area contributed by atoms with Crippen LogP contribution in [0.1, 0.15) is 24.2 Å². The quantitative estimate of drug-likeness (QED) is 0.634. The highest BCUT2D eigenvalue weighted by Gasteiger charge is 2.23. The lowest BCUT2D eigenvalue weighted by Gasteiger charge is -2.37. The van der Waals surface area contributed by atoms with Gasteiger partial charge in [-0.05, 0) is 62.8 Å². The molecule has 1 atom stereocenters. The van der Waals surface area contributed by atoms with Gasteiger partial charge in [-0.25, -0.2) is 4.98 Å². The van der Waals surface area contributed by atoms with E-state index in [-0.39, 0.29) is 0 Å². The maximum atomic E-state index is 4.50. The summed E-state index contributed by atoms with van der Waals surface area (Å²) in [6, 6.07) is 17.2. The topological polar surface area (TPSA) is 37.2 Å². The molecule has 0 amide bonds. The van der Waals surface area contributed by atoms with Gasteiger partial charge in [-0.2, -0.15) is 0 Å². The van der Waals surface area contributed by atoms with Gasteiger partial charge in [0.15, 0.2) is 0 Å². The molecule has 4 rings (SSSR count). The van der Waals surface area contributed by atoms with E-state index < -0.39 is 0 Å². The van der Waals surface area contributed by atoms with Gasteiger partial charge in [0.1, 0.15) is 5.82 Å². The molecule has 3 aromatic rings. The van der Waals surface area contributed by atoms with Gasteiger partial charge >= 0.3 is 0 Å². The fraction of sp³-hybridized carbons (Fsp3) is 0.391. The number of pyridine rings is 2. The van der Waals surface area contributed by atoms with Gasteiger partial charge in [0.05, 0.1) is 0 Å². The van der Waals surface area contributed by atoms with Crippen LogP contribution in [0.3, 0.4) is 0 Å². The Kier molecular flexibility index (Phi) is 6.14. The minimum atomic E-state index is 0.607. The molecule has 28 heavy (non-hydrogen) atoms. The molecular weight excluding hydrogens is 346 g/mol. The molecule has 0 aliphatic carbocycles. The molecule has 0 radical (unpaired) electrons. The average Bonchev–Trinajstić information content (AvgIpc) is 3.21. The molecular formula is C23H29N5. The summed E-state index contributed by atoms with van der Waals surface area (Å²) in [5.41, 5.74) is 2.48. The first-order valence-electron chi connectivity index (χ1n) is 10.2. The molecule has 0 saturated carbocycles. The zero-order chi connectivity index (χ0) is 19.2. The summed E-state index contributed by atoms with van der Waals surface area (Å²) >= 11 is 0. The van der Waals surface area contributed by atoms with Gasteiger partial charge in [0.2, 0.25) is 0 Å². The minimum absolute atomic E-state index is 0.607. The summed E-state index contributed by atoms with van der Waals surface area (Å²) in [7, 11) is 2.26. The van der Waals surface area contributed by atoms with Crippen molar-refractivity contribution in [1.82, 2.24) is 24.3 Å². The maximum absolute atomic E-state index is 4.50. The van der Waals surface area contributed by atoms with Crippen LogP contribution in [0.15, 0.2) is 67.1 Å². The van der Waals surface area contributed by atoms with Crippen molar-refractivity contribution in [2.45, 2.75) is 31.8 Å². The van der Waals surface area contributed by atoms with Gasteiger partial charge in [-0.15, -0.1) is 0 Å². The van der Waals surface area contributed by atoms with E-state index in [0.29, 0.717) is 6.04 Å². The summed E-state index contributed by atoms with van der Waals surface area (Å²) in [5.74, 6) is 0.989. The first-order valence-corrected chi connectivity index (χ1v) is 10.2. The molecule has 5 nitrogen and oxygen atoms in total. The van der Waals surface area contributed by atoms with Crippen LogP contribution in [0.2, 0.25) is 0 Å². The summed E-state index contributed by atoms with van der Waals surface area (Å²) in [6.07, 6.45) is 9.38.